The normalized spacial score (nSPS) is 12.1. The van der Waals surface area contributed by atoms with Crippen molar-refractivity contribution in [1.29, 1.82) is 0 Å². The average molecular weight is 336 g/mol. The topological polar surface area (TPSA) is 48.4 Å². The van der Waals surface area contributed by atoms with Gasteiger partial charge in [-0.25, -0.2) is 4.79 Å². The van der Waals surface area contributed by atoms with Gasteiger partial charge in [0, 0.05) is 11.6 Å². The van der Waals surface area contributed by atoms with Crippen molar-refractivity contribution >= 4 is 28.5 Å². The summed E-state index contributed by atoms with van der Waals surface area (Å²) in [6.45, 7) is 4.32. The molecule has 4 nitrogen and oxygen atoms in total. The van der Waals surface area contributed by atoms with Crippen LogP contribution in [0.25, 0.3) is 10.9 Å². The van der Waals surface area contributed by atoms with Gasteiger partial charge in [0.25, 0.3) is 0 Å². The van der Waals surface area contributed by atoms with Crippen molar-refractivity contribution in [2.45, 2.75) is 46.0 Å². The van der Waals surface area contributed by atoms with E-state index in [-0.39, 0.29) is 5.97 Å². The number of aromatic nitrogens is 1. The molecule has 5 heteroatoms. The summed E-state index contributed by atoms with van der Waals surface area (Å²) >= 11 is 6.11. The zero-order valence-corrected chi connectivity index (χ0v) is 14.3. The third kappa shape index (κ3) is 5.10. The van der Waals surface area contributed by atoms with E-state index in [1.54, 1.807) is 24.4 Å². The highest BCUT2D eigenvalue weighted by atomic mass is 35.5. The van der Waals surface area contributed by atoms with Gasteiger partial charge in [-0.05, 0) is 36.6 Å². The van der Waals surface area contributed by atoms with Crippen molar-refractivity contribution in [2.75, 3.05) is 0 Å². The highest BCUT2D eigenvalue weighted by molar-refractivity contribution is 6.35. The van der Waals surface area contributed by atoms with Gasteiger partial charge in [0.2, 0.25) is 5.75 Å². The van der Waals surface area contributed by atoms with E-state index in [4.69, 9.17) is 21.4 Å². The summed E-state index contributed by atoms with van der Waals surface area (Å²) in [6.07, 6.45) is 6.30. The van der Waals surface area contributed by atoms with Crippen LogP contribution in [0.3, 0.4) is 0 Å². The third-order valence-electron chi connectivity index (χ3n) is 3.80. The minimum Gasteiger partial charge on any atom is -0.285 e. The van der Waals surface area contributed by atoms with Crippen molar-refractivity contribution in [3.63, 3.8) is 0 Å². The number of pyridine rings is 1. The minimum atomic E-state index is -0.368. The Bertz CT molecular complexity index is 660. The predicted octanol–water partition coefficient (Wildman–Crippen LogP) is 5.33. The molecule has 0 aliphatic carbocycles. The van der Waals surface area contributed by atoms with Gasteiger partial charge in [0.15, 0.2) is 0 Å². The van der Waals surface area contributed by atoms with Gasteiger partial charge in [-0.15, -0.1) is 0 Å². The zero-order valence-electron chi connectivity index (χ0n) is 13.5. The SMILES string of the molecule is CCCCC(C)CCC(=O)OOc1ccc(Cl)c2cccnc12. The molecular weight excluding hydrogens is 314 g/mol. The molecule has 0 saturated heterocycles. The summed E-state index contributed by atoms with van der Waals surface area (Å²) in [5.41, 5.74) is 0.573. The van der Waals surface area contributed by atoms with Crippen LogP contribution in [0.5, 0.6) is 5.75 Å². The van der Waals surface area contributed by atoms with Crippen LogP contribution in [0, 0.1) is 5.92 Å². The fourth-order valence-corrected chi connectivity index (χ4v) is 2.59. The van der Waals surface area contributed by atoms with Gasteiger partial charge in [-0.3, -0.25) is 14.8 Å². The van der Waals surface area contributed by atoms with E-state index in [9.17, 15) is 4.79 Å². The molecule has 0 spiro atoms. The fraction of sp³-hybridized carbons (Fsp3) is 0.444. The Kier molecular flexibility index (Phi) is 6.66. The second-order valence-electron chi connectivity index (χ2n) is 5.77. The van der Waals surface area contributed by atoms with Crippen molar-refractivity contribution in [2.24, 2.45) is 5.92 Å². The van der Waals surface area contributed by atoms with Gasteiger partial charge in [-0.1, -0.05) is 44.7 Å². The quantitative estimate of drug-likeness (QED) is 0.483. The number of nitrogens with zero attached hydrogens (tertiary/aromatic N) is 1. The number of halogens is 1. The first-order valence-electron chi connectivity index (χ1n) is 8.02. The summed E-state index contributed by atoms with van der Waals surface area (Å²) < 4.78 is 0. The molecule has 1 unspecified atom stereocenters. The van der Waals surface area contributed by atoms with Crippen molar-refractivity contribution in [3.8, 4) is 5.75 Å². The number of hydrogen-bond donors (Lipinski definition) is 0. The Morgan fingerprint density at radius 3 is 2.91 bits per heavy atom. The Morgan fingerprint density at radius 2 is 2.13 bits per heavy atom. The van der Waals surface area contributed by atoms with Crippen LogP contribution in [0.2, 0.25) is 5.02 Å². The molecule has 1 heterocycles. The maximum atomic E-state index is 11.8. The molecule has 0 bridgehead atoms. The lowest BCUT2D eigenvalue weighted by Gasteiger charge is -2.10. The summed E-state index contributed by atoms with van der Waals surface area (Å²) in [5, 5.41) is 1.34. The first-order chi connectivity index (χ1) is 11.1. The lowest BCUT2D eigenvalue weighted by atomic mass is 9.99. The van der Waals surface area contributed by atoms with E-state index in [1.165, 1.54) is 12.8 Å². The van der Waals surface area contributed by atoms with E-state index in [0.29, 0.717) is 28.6 Å². The van der Waals surface area contributed by atoms with Crippen LogP contribution in [0.15, 0.2) is 30.5 Å². The molecule has 0 amide bonds. The molecule has 1 aromatic carbocycles. The highest BCUT2D eigenvalue weighted by Crippen LogP contribution is 2.29. The molecule has 23 heavy (non-hydrogen) atoms. The standard InChI is InChI=1S/C18H22ClNO3/c1-3-4-6-13(2)8-11-17(21)23-22-16-10-9-15(19)14-7-5-12-20-18(14)16/h5,7,9-10,12-13H,3-4,6,8,11H2,1-2H3. The smallest absolute Gasteiger partial charge is 0.285 e. The Labute approximate surface area is 141 Å². The number of hydrogen-bond acceptors (Lipinski definition) is 4. The number of unbranched alkanes of at least 4 members (excludes halogenated alkanes) is 1. The summed E-state index contributed by atoms with van der Waals surface area (Å²) in [6, 6.07) is 6.98. The largest absolute Gasteiger partial charge is 0.355 e. The van der Waals surface area contributed by atoms with Gasteiger partial charge >= 0.3 is 5.97 Å². The zero-order chi connectivity index (χ0) is 16.7. The van der Waals surface area contributed by atoms with Gasteiger partial charge in [0.05, 0.1) is 11.4 Å². The van der Waals surface area contributed by atoms with Crippen LogP contribution in [0.1, 0.15) is 46.0 Å². The molecule has 0 radical (unpaired) electrons. The van der Waals surface area contributed by atoms with Gasteiger partial charge < -0.3 is 0 Å². The molecule has 0 N–H and O–H groups in total. The number of benzene rings is 1. The lowest BCUT2D eigenvalue weighted by molar-refractivity contribution is -0.213. The molecular formula is C18H22ClNO3. The minimum absolute atomic E-state index is 0.351. The van der Waals surface area contributed by atoms with E-state index < -0.39 is 0 Å². The number of fused-ring (bicyclic) bond motifs is 1. The van der Waals surface area contributed by atoms with Gasteiger partial charge in [-0.2, -0.15) is 0 Å². The van der Waals surface area contributed by atoms with E-state index in [1.807, 2.05) is 6.07 Å². The first-order valence-corrected chi connectivity index (χ1v) is 8.40. The maximum absolute atomic E-state index is 11.8. The fourth-order valence-electron chi connectivity index (χ4n) is 2.37. The maximum Gasteiger partial charge on any atom is 0.355 e. The molecule has 2 rings (SSSR count). The van der Waals surface area contributed by atoms with Crippen LogP contribution in [0.4, 0.5) is 0 Å². The second-order valence-corrected chi connectivity index (χ2v) is 6.18. The van der Waals surface area contributed by atoms with Crippen molar-refractivity contribution in [3.05, 3.63) is 35.5 Å². The molecule has 0 saturated carbocycles. The van der Waals surface area contributed by atoms with Crippen LogP contribution in [-0.2, 0) is 9.68 Å². The monoisotopic (exact) mass is 335 g/mol. The molecule has 124 valence electrons. The van der Waals surface area contributed by atoms with E-state index in [0.717, 1.165) is 18.2 Å². The molecule has 1 aromatic heterocycles. The number of rotatable bonds is 8. The van der Waals surface area contributed by atoms with Gasteiger partial charge in [0.1, 0.15) is 5.52 Å². The summed E-state index contributed by atoms with van der Waals surface area (Å²) in [7, 11) is 0. The lowest BCUT2D eigenvalue weighted by Crippen LogP contribution is -2.10. The summed E-state index contributed by atoms with van der Waals surface area (Å²) in [5.74, 6) is 0.533. The molecule has 0 fully saturated rings. The molecule has 2 aromatic rings. The van der Waals surface area contributed by atoms with E-state index >= 15 is 0 Å². The average Bonchev–Trinajstić information content (AvgIpc) is 2.57. The van der Waals surface area contributed by atoms with Crippen molar-refractivity contribution in [1.82, 2.24) is 4.98 Å². The predicted molar refractivity (Wildman–Crippen MR) is 91.4 cm³/mol. The van der Waals surface area contributed by atoms with Crippen LogP contribution < -0.4 is 4.89 Å². The first kappa shape index (κ1) is 17.5. The van der Waals surface area contributed by atoms with Crippen LogP contribution >= 0.6 is 11.6 Å². The van der Waals surface area contributed by atoms with E-state index in [2.05, 4.69) is 18.8 Å². The molecule has 1 atom stereocenters. The Morgan fingerprint density at radius 1 is 1.30 bits per heavy atom. The molecule has 0 aliphatic heterocycles. The van der Waals surface area contributed by atoms with Crippen LogP contribution in [-0.4, -0.2) is 11.0 Å². The highest BCUT2D eigenvalue weighted by Gasteiger charge is 2.12. The Balaban J connectivity index is 1.89. The second kappa shape index (κ2) is 8.73. The molecule has 0 aliphatic rings. The number of carbonyl (C=O) groups is 1. The summed E-state index contributed by atoms with van der Waals surface area (Å²) in [4.78, 5) is 26.1. The third-order valence-corrected chi connectivity index (χ3v) is 4.13. The van der Waals surface area contributed by atoms with Crippen molar-refractivity contribution < 1.29 is 14.6 Å². The Hall–Kier alpha value is -1.81. The number of carbonyl (C=O) groups excluding carboxylic acids is 1.